The van der Waals surface area contributed by atoms with E-state index < -0.39 is 14.4 Å². The third kappa shape index (κ3) is 6.06. The van der Waals surface area contributed by atoms with Crippen LogP contribution in [0.3, 0.4) is 0 Å². The van der Waals surface area contributed by atoms with Crippen molar-refractivity contribution in [3.8, 4) is 11.8 Å². The minimum absolute atomic E-state index is 0.0808. The summed E-state index contributed by atoms with van der Waals surface area (Å²) in [4.78, 5) is 0. The molecule has 1 unspecified atom stereocenters. The van der Waals surface area contributed by atoms with Crippen molar-refractivity contribution in [3.63, 3.8) is 0 Å². The summed E-state index contributed by atoms with van der Waals surface area (Å²) in [6.07, 6.45) is 4.50. The van der Waals surface area contributed by atoms with Gasteiger partial charge in [-0.05, 0) is 35.2 Å². The first-order valence-electron chi connectivity index (χ1n) is 10.5. The van der Waals surface area contributed by atoms with Crippen LogP contribution in [0.2, 0.25) is 5.04 Å². The van der Waals surface area contributed by atoms with Crippen LogP contribution in [0.5, 0.6) is 0 Å². The molecule has 30 heavy (non-hydrogen) atoms. The monoisotopic (exact) mass is 418 g/mol. The van der Waals surface area contributed by atoms with Crippen LogP contribution in [0, 0.1) is 11.8 Å². The molecule has 1 atom stereocenters. The van der Waals surface area contributed by atoms with Gasteiger partial charge in [-0.25, -0.2) is 0 Å². The number of allylic oxidation sites excluding steroid dienone is 3. The molecule has 0 bridgehead atoms. The van der Waals surface area contributed by atoms with E-state index in [4.69, 9.17) is 4.43 Å². The molecule has 0 heterocycles. The van der Waals surface area contributed by atoms with Crippen LogP contribution in [0.15, 0.2) is 85.0 Å². The summed E-state index contributed by atoms with van der Waals surface area (Å²) in [5.74, 6) is 6.04. The lowest BCUT2D eigenvalue weighted by molar-refractivity contribution is 0.222. The van der Waals surface area contributed by atoms with Gasteiger partial charge in [-0.2, -0.15) is 0 Å². The van der Waals surface area contributed by atoms with Gasteiger partial charge in [-0.3, -0.25) is 0 Å². The highest BCUT2D eigenvalue weighted by molar-refractivity contribution is 6.99. The van der Waals surface area contributed by atoms with Crippen molar-refractivity contribution in [2.45, 2.75) is 51.7 Å². The Labute approximate surface area is 183 Å². The molecule has 0 saturated heterocycles. The van der Waals surface area contributed by atoms with Crippen molar-refractivity contribution < 1.29 is 9.53 Å². The van der Waals surface area contributed by atoms with Gasteiger partial charge in [-0.15, -0.1) is 0 Å². The van der Waals surface area contributed by atoms with Crippen molar-refractivity contribution >= 4 is 18.7 Å². The third-order valence-electron chi connectivity index (χ3n) is 5.26. The predicted octanol–water partition coefficient (Wildman–Crippen LogP) is 4.84. The number of aliphatic hydroxyl groups excluding tert-OH is 1. The first kappa shape index (κ1) is 23.9. The van der Waals surface area contributed by atoms with Gasteiger partial charge >= 0.3 is 0 Å². The van der Waals surface area contributed by atoms with Crippen molar-refractivity contribution in [1.82, 2.24) is 0 Å². The SMILES string of the molecule is C=C/C=C(\C)CCC(O)C#CCO[Si](c1ccccc1)(c1ccccc1)C(C)(C)C. The highest BCUT2D eigenvalue weighted by atomic mass is 28.4. The maximum Gasteiger partial charge on any atom is 0.262 e. The molecule has 158 valence electrons. The van der Waals surface area contributed by atoms with Gasteiger partial charge in [-0.1, -0.05) is 118 Å². The van der Waals surface area contributed by atoms with Gasteiger partial charge in [0.2, 0.25) is 0 Å². The summed E-state index contributed by atoms with van der Waals surface area (Å²) >= 11 is 0. The van der Waals surface area contributed by atoms with Crippen LogP contribution in [0.1, 0.15) is 40.5 Å². The lowest BCUT2D eigenvalue weighted by Gasteiger charge is -2.42. The van der Waals surface area contributed by atoms with Crippen LogP contribution in [0.25, 0.3) is 0 Å². The Balaban J connectivity index is 2.26. The average Bonchev–Trinajstić information content (AvgIpc) is 2.73. The van der Waals surface area contributed by atoms with Crippen molar-refractivity contribution in [2.75, 3.05) is 6.61 Å². The van der Waals surface area contributed by atoms with Gasteiger partial charge in [0.1, 0.15) is 6.10 Å². The number of hydrogen-bond donors (Lipinski definition) is 1. The van der Waals surface area contributed by atoms with Crippen LogP contribution in [-0.4, -0.2) is 26.1 Å². The minimum atomic E-state index is -2.57. The Bertz CT molecular complexity index is 844. The number of benzene rings is 2. The smallest absolute Gasteiger partial charge is 0.262 e. The second-order valence-electron chi connectivity index (χ2n) is 8.58. The second-order valence-corrected chi connectivity index (χ2v) is 12.9. The fourth-order valence-electron chi connectivity index (χ4n) is 3.79. The molecule has 0 aliphatic rings. The summed E-state index contributed by atoms with van der Waals surface area (Å²) < 4.78 is 6.71. The molecule has 0 amide bonds. The highest BCUT2D eigenvalue weighted by Crippen LogP contribution is 2.36. The Hall–Kier alpha value is -2.38. The van der Waals surface area contributed by atoms with Gasteiger partial charge in [0.15, 0.2) is 0 Å². The third-order valence-corrected chi connectivity index (χ3v) is 10.2. The Morgan fingerprint density at radius 2 is 1.60 bits per heavy atom. The molecule has 0 saturated carbocycles. The van der Waals surface area contributed by atoms with E-state index in [1.54, 1.807) is 6.08 Å². The molecule has 2 rings (SSSR count). The molecular weight excluding hydrogens is 384 g/mol. The van der Waals surface area contributed by atoms with Crippen LogP contribution in [-0.2, 0) is 4.43 Å². The molecule has 0 aromatic heterocycles. The molecule has 3 heteroatoms. The summed E-state index contributed by atoms with van der Waals surface area (Å²) in [5.41, 5.74) is 1.19. The predicted molar refractivity (Wildman–Crippen MR) is 131 cm³/mol. The lowest BCUT2D eigenvalue weighted by Crippen LogP contribution is -2.66. The summed E-state index contributed by atoms with van der Waals surface area (Å²) in [5, 5.41) is 12.6. The van der Waals surface area contributed by atoms with E-state index in [9.17, 15) is 5.11 Å². The van der Waals surface area contributed by atoms with Gasteiger partial charge < -0.3 is 9.53 Å². The standard InChI is InChI=1S/C27H34O2Si/c1-6-14-23(2)20-21-24(28)15-13-22-29-30(27(3,4)5,25-16-9-7-10-17-25)26-18-11-8-12-19-26/h6-12,14,16-19,24,28H,1,20-22H2,2-5H3/b23-14+. The fraction of sp³-hybridized carbons (Fsp3) is 0.333. The van der Waals surface area contributed by atoms with Crippen molar-refractivity contribution in [2.24, 2.45) is 0 Å². The Kier molecular flexibility index (Phi) is 8.86. The largest absolute Gasteiger partial charge is 0.396 e. The molecule has 0 radical (unpaired) electrons. The molecule has 0 spiro atoms. The summed E-state index contributed by atoms with van der Waals surface area (Å²) in [6, 6.07) is 21.0. The van der Waals surface area contributed by atoms with E-state index in [-0.39, 0.29) is 5.04 Å². The Morgan fingerprint density at radius 3 is 2.07 bits per heavy atom. The molecule has 0 aliphatic heterocycles. The van der Waals surface area contributed by atoms with Crippen molar-refractivity contribution in [1.29, 1.82) is 0 Å². The van der Waals surface area contributed by atoms with E-state index in [0.717, 1.165) is 6.42 Å². The van der Waals surface area contributed by atoms with Gasteiger partial charge in [0.05, 0.1) is 6.61 Å². The fourth-order valence-corrected chi connectivity index (χ4v) is 8.23. The molecule has 2 aromatic rings. The topological polar surface area (TPSA) is 29.5 Å². The molecule has 0 aliphatic carbocycles. The van der Waals surface area contributed by atoms with Gasteiger partial charge in [0.25, 0.3) is 8.32 Å². The average molecular weight is 419 g/mol. The molecule has 1 N–H and O–H groups in total. The highest BCUT2D eigenvalue weighted by Gasteiger charge is 2.49. The maximum absolute atomic E-state index is 10.2. The van der Waals surface area contributed by atoms with Gasteiger partial charge in [0, 0.05) is 0 Å². The zero-order valence-corrected chi connectivity index (χ0v) is 19.7. The maximum atomic E-state index is 10.2. The molecule has 2 aromatic carbocycles. The normalized spacial score (nSPS) is 13.3. The van der Waals surface area contributed by atoms with E-state index >= 15 is 0 Å². The first-order valence-corrected chi connectivity index (χ1v) is 12.4. The van der Waals surface area contributed by atoms with E-state index in [1.807, 2.05) is 25.1 Å². The van der Waals surface area contributed by atoms with E-state index in [1.165, 1.54) is 15.9 Å². The summed E-state index contributed by atoms with van der Waals surface area (Å²) in [6.45, 7) is 12.8. The van der Waals surface area contributed by atoms with Crippen LogP contribution < -0.4 is 10.4 Å². The lowest BCUT2D eigenvalue weighted by atomic mass is 10.1. The number of aliphatic hydroxyl groups is 1. The quantitative estimate of drug-likeness (QED) is 0.378. The molecule has 2 nitrogen and oxygen atoms in total. The van der Waals surface area contributed by atoms with E-state index in [0.29, 0.717) is 13.0 Å². The minimum Gasteiger partial charge on any atom is -0.396 e. The summed E-state index contributed by atoms with van der Waals surface area (Å²) in [7, 11) is -2.57. The zero-order valence-electron chi connectivity index (χ0n) is 18.7. The number of rotatable bonds is 8. The number of hydrogen-bond acceptors (Lipinski definition) is 2. The van der Waals surface area contributed by atoms with Crippen molar-refractivity contribution in [3.05, 3.63) is 85.0 Å². The van der Waals surface area contributed by atoms with Crippen LogP contribution >= 0.6 is 0 Å². The van der Waals surface area contributed by atoms with Crippen LogP contribution in [0.4, 0.5) is 0 Å². The first-order chi connectivity index (χ1) is 14.3. The second kappa shape index (κ2) is 11.1. The molecular formula is C27H34O2Si. The molecule has 0 fully saturated rings. The zero-order chi connectivity index (χ0) is 22.0. The Morgan fingerprint density at radius 1 is 1.07 bits per heavy atom. The van der Waals surface area contributed by atoms with E-state index in [2.05, 4.69) is 87.7 Å².